The summed E-state index contributed by atoms with van der Waals surface area (Å²) in [6, 6.07) is 7.56. The number of hydrogen-bond acceptors (Lipinski definition) is 3. The predicted octanol–water partition coefficient (Wildman–Crippen LogP) is 1.90. The molecule has 1 rings (SSSR count). The molecule has 1 aromatic rings. The molecule has 0 saturated heterocycles. The first-order valence-corrected chi connectivity index (χ1v) is 5.35. The predicted molar refractivity (Wildman–Crippen MR) is 64.2 cm³/mol. The van der Waals surface area contributed by atoms with E-state index in [1.54, 1.807) is 7.05 Å². The van der Waals surface area contributed by atoms with E-state index in [9.17, 15) is 4.79 Å². The average molecular weight is 222 g/mol. The number of nitrogen functional groups attached to an aromatic ring is 1. The van der Waals surface area contributed by atoms with Gasteiger partial charge in [0.25, 0.3) is 0 Å². The lowest BCUT2D eigenvalue weighted by atomic mass is 10.1. The second-order valence-electron chi connectivity index (χ2n) is 3.62. The van der Waals surface area contributed by atoms with Crippen LogP contribution in [0.1, 0.15) is 12.5 Å². The van der Waals surface area contributed by atoms with Gasteiger partial charge in [0.1, 0.15) is 0 Å². The number of benzene rings is 1. The second kappa shape index (κ2) is 6.00. The van der Waals surface area contributed by atoms with Crippen molar-refractivity contribution in [1.29, 1.82) is 0 Å². The third-order valence-electron chi connectivity index (χ3n) is 2.38. The number of nitrogens with zero attached hydrogens (tertiary/aromatic N) is 1. The molecular weight excluding hydrogens is 204 g/mol. The molecule has 0 aliphatic heterocycles. The van der Waals surface area contributed by atoms with Crippen LogP contribution < -0.4 is 5.73 Å². The molecule has 0 spiro atoms. The summed E-state index contributed by atoms with van der Waals surface area (Å²) in [5.41, 5.74) is 7.42. The van der Waals surface area contributed by atoms with Crippen LogP contribution in [-0.2, 0) is 11.2 Å². The molecular formula is C12H18N2O2. The number of ether oxygens (including phenoxy) is 1. The number of carbonyl (C=O) groups excluding carboxylic acids is 1. The highest BCUT2D eigenvalue weighted by Crippen LogP contribution is 2.06. The van der Waals surface area contributed by atoms with E-state index in [0.717, 1.165) is 11.3 Å². The Hall–Kier alpha value is -1.71. The van der Waals surface area contributed by atoms with Gasteiger partial charge in [-0.2, -0.15) is 0 Å². The van der Waals surface area contributed by atoms with Crippen LogP contribution in [0.25, 0.3) is 0 Å². The van der Waals surface area contributed by atoms with Crippen molar-refractivity contribution in [3.8, 4) is 0 Å². The molecule has 0 atom stereocenters. The monoisotopic (exact) mass is 222 g/mol. The first-order valence-electron chi connectivity index (χ1n) is 5.35. The van der Waals surface area contributed by atoms with Crippen LogP contribution in [0.3, 0.4) is 0 Å². The molecule has 1 amide bonds. The lowest BCUT2D eigenvalue weighted by molar-refractivity contribution is 0.114. The van der Waals surface area contributed by atoms with Crippen LogP contribution in [-0.4, -0.2) is 31.2 Å². The summed E-state index contributed by atoms with van der Waals surface area (Å²) in [5.74, 6) is 0. The van der Waals surface area contributed by atoms with E-state index >= 15 is 0 Å². The van der Waals surface area contributed by atoms with Crippen LogP contribution in [0.5, 0.6) is 0 Å². The normalized spacial score (nSPS) is 9.88. The summed E-state index contributed by atoms with van der Waals surface area (Å²) >= 11 is 0. The first kappa shape index (κ1) is 12.4. The number of carbonyl (C=O) groups is 1. The van der Waals surface area contributed by atoms with E-state index in [1.807, 2.05) is 31.2 Å². The molecule has 0 aliphatic rings. The molecule has 2 N–H and O–H groups in total. The Morgan fingerprint density at radius 1 is 1.38 bits per heavy atom. The third-order valence-corrected chi connectivity index (χ3v) is 2.38. The highest BCUT2D eigenvalue weighted by molar-refractivity contribution is 5.67. The Morgan fingerprint density at radius 3 is 2.56 bits per heavy atom. The van der Waals surface area contributed by atoms with E-state index in [1.165, 1.54) is 4.90 Å². The summed E-state index contributed by atoms with van der Waals surface area (Å²) in [5, 5.41) is 0. The number of hydrogen-bond donors (Lipinski definition) is 1. The Morgan fingerprint density at radius 2 is 2.00 bits per heavy atom. The van der Waals surface area contributed by atoms with Crippen LogP contribution in [0.4, 0.5) is 10.5 Å². The second-order valence-corrected chi connectivity index (χ2v) is 3.62. The Labute approximate surface area is 96.0 Å². The van der Waals surface area contributed by atoms with Gasteiger partial charge in [0, 0.05) is 25.7 Å². The van der Waals surface area contributed by atoms with Gasteiger partial charge in [-0.15, -0.1) is 0 Å². The fourth-order valence-corrected chi connectivity index (χ4v) is 1.18. The molecule has 0 aromatic heterocycles. The largest absolute Gasteiger partial charge is 0.449 e. The molecule has 0 fully saturated rings. The maximum absolute atomic E-state index is 11.3. The Kier molecular flexibility index (Phi) is 4.64. The minimum absolute atomic E-state index is 0.280. The van der Waals surface area contributed by atoms with Gasteiger partial charge >= 0.3 is 6.09 Å². The molecule has 88 valence electrons. The summed E-state index contributed by atoms with van der Waals surface area (Å²) in [7, 11) is 1.71. The van der Waals surface area contributed by atoms with Crippen molar-refractivity contribution in [2.45, 2.75) is 13.3 Å². The maximum Gasteiger partial charge on any atom is 0.409 e. The number of nitrogens with two attached hydrogens (primary N) is 1. The van der Waals surface area contributed by atoms with E-state index < -0.39 is 0 Å². The molecule has 4 nitrogen and oxygen atoms in total. The van der Waals surface area contributed by atoms with Gasteiger partial charge in [0.05, 0.1) is 6.61 Å². The van der Waals surface area contributed by atoms with Crippen molar-refractivity contribution in [2.75, 3.05) is 25.9 Å². The number of rotatable bonds is 4. The van der Waals surface area contributed by atoms with Crippen LogP contribution in [0.2, 0.25) is 0 Å². The van der Waals surface area contributed by atoms with Gasteiger partial charge in [-0.1, -0.05) is 12.1 Å². The lowest BCUT2D eigenvalue weighted by Gasteiger charge is -2.14. The minimum Gasteiger partial charge on any atom is -0.449 e. The first-order chi connectivity index (χ1) is 7.63. The Balaban J connectivity index is 2.30. The zero-order valence-corrected chi connectivity index (χ0v) is 9.77. The van der Waals surface area contributed by atoms with Gasteiger partial charge in [-0.25, -0.2) is 4.79 Å². The molecule has 1 aromatic carbocycles. The zero-order chi connectivity index (χ0) is 12.0. The van der Waals surface area contributed by atoms with Crippen molar-refractivity contribution in [3.05, 3.63) is 29.8 Å². The fraction of sp³-hybridized carbons (Fsp3) is 0.417. The van der Waals surface area contributed by atoms with Crippen molar-refractivity contribution >= 4 is 11.8 Å². The van der Waals surface area contributed by atoms with Gasteiger partial charge in [0.15, 0.2) is 0 Å². The van der Waals surface area contributed by atoms with Gasteiger partial charge in [-0.05, 0) is 24.6 Å². The van der Waals surface area contributed by atoms with Crippen LogP contribution in [0, 0.1) is 0 Å². The number of amides is 1. The van der Waals surface area contributed by atoms with E-state index in [0.29, 0.717) is 19.6 Å². The van der Waals surface area contributed by atoms with Gasteiger partial charge in [0.2, 0.25) is 0 Å². The van der Waals surface area contributed by atoms with E-state index in [2.05, 4.69) is 0 Å². The molecule has 0 heterocycles. The third kappa shape index (κ3) is 3.81. The standard InChI is InChI=1S/C12H18N2O2/c1-3-14(2)12(15)16-9-8-10-4-6-11(13)7-5-10/h4-7H,3,8-9,13H2,1-2H3. The van der Waals surface area contributed by atoms with Crippen LogP contribution >= 0.6 is 0 Å². The summed E-state index contributed by atoms with van der Waals surface area (Å²) in [6.45, 7) is 2.95. The minimum atomic E-state index is -0.280. The topological polar surface area (TPSA) is 55.6 Å². The molecule has 0 saturated carbocycles. The average Bonchev–Trinajstić information content (AvgIpc) is 2.30. The molecule has 0 aliphatic carbocycles. The zero-order valence-electron chi connectivity index (χ0n) is 9.77. The summed E-state index contributed by atoms with van der Waals surface area (Å²) in [4.78, 5) is 12.8. The number of anilines is 1. The molecule has 0 bridgehead atoms. The maximum atomic E-state index is 11.3. The van der Waals surface area contributed by atoms with E-state index in [4.69, 9.17) is 10.5 Å². The van der Waals surface area contributed by atoms with Gasteiger partial charge in [-0.3, -0.25) is 0 Å². The Bertz CT molecular complexity index is 335. The van der Waals surface area contributed by atoms with Gasteiger partial charge < -0.3 is 15.4 Å². The SMILES string of the molecule is CCN(C)C(=O)OCCc1ccc(N)cc1. The lowest BCUT2D eigenvalue weighted by Crippen LogP contribution is -2.27. The van der Waals surface area contributed by atoms with E-state index in [-0.39, 0.29) is 6.09 Å². The molecule has 16 heavy (non-hydrogen) atoms. The smallest absolute Gasteiger partial charge is 0.409 e. The summed E-state index contributed by atoms with van der Waals surface area (Å²) < 4.78 is 5.08. The summed E-state index contributed by atoms with van der Waals surface area (Å²) in [6.07, 6.45) is 0.432. The van der Waals surface area contributed by atoms with Crippen LogP contribution in [0.15, 0.2) is 24.3 Å². The molecule has 4 heteroatoms. The highest BCUT2D eigenvalue weighted by atomic mass is 16.6. The molecule has 0 radical (unpaired) electrons. The van der Waals surface area contributed by atoms with Crippen molar-refractivity contribution < 1.29 is 9.53 Å². The fourth-order valence-electron chi connectivity index (χ4n) is 1.18. The van der Waals surface area contributed by atoms with Crippen molar-refractivity contribution in [1.82, 2.24) is 4.90 Å². The molecule has 0 unspecified atom stereocenters. The van der Waals surface area contributed by atoms with Crippen molar-refractivity contribution in [2.24, 2.45) is 0 Å². The van der Waals surface area contributed by atoms with Crippen molar-refractivity contribution in [3.63, 3.8) is 0 Å². The highest BCUT2D eigenvalue weighted by Gasteiger charge is 2.06. The quantitative estimate of drug-likeness (QED) is 0.791.